The predicted octanol–water partition coefficient (Wildman–Crippen LogP) is 3.80. The van der Waals surface area contributed by atoms with E-state index in [4.69, 9.17) is 0 Å². The lowest BCUT2D eigenvalue weighted by molar-refractivity contribution is -0.141. The summed E-state index contributed by atoms with van der Waals surface area (Å²) in [6.45, 7) is -0.0297. The van der Waals surface area contributed by atoms with Gasteiger partial charge in [-0.1, -0.05) is 97.1 Å². The maximum atomic E-state index is 14.0. The van der Waals surface area contributed by atoms with Gasteiger partial charge in [-0.2, -0.15) is 4.31 Å². The third-order valence-electron chi connectivity index (χ3n) is 6.62. The average molecular weight is 571 g/mol. The number of nitrogens with zero attached hydrogens (tertiary/aromatic N) is 3. The van der Waals surface area contributed by atoms with Crippen molar-refractivity contribution in [2.45, 2.75) is 32.1 Å². The molecule has 0 aliphatic carbocycles. The lowest BCUT2D eigenvalue weighted by Gasteiger charge is -2.33. The van der Waals surface area contributed by atoms with Gasteiger partial charge in [0.15, 0.2) is 0 Å². The van der Waals surface area contributed by atoms with Crippen LogP contribution in [-0.2, 0) is 45.7 Å². The minimum absolute atomic E-state index is 0.0415. The molecule has 0 radical (unpaired) electrons. The first-order valence-electron chi connectivity index (χ1n) is 13.3. The standard InChI is InChI=1S/C32H34N4O4S/c1-41(39,40)35(23-27-15-7-3-8-16-27)25-31(37)36(24-28-17-9-4-10-18-28)30(21-26-13-5-2-6-14-26)32(38)34-22-29-19-11-12-20-33-29/h2-20,30H,21-25H2,1H3,(H,34,38). The maximum Gasteiger partial charge on any atom is 0.243 e. The smallest absolute Gasteiger partial charge is 0.243 e. The number of hydrogen-bond acceptors (Lipinski definition) is 5. The number of hydrogen-bond donors (Lipinski definition) is 1. The van der Waals surface area contributed by atoms with Crippen LogP contribution in [0.2, 0.25) is 0 Å². The summed E-state index contributed by atoms with van der Waals surface area (Å²) in [7, 11) is -3.74. The van der Waals surface area contributed by atoms with Crippen LogP contribution in [0.15, 0.2) is 115 Å². The summed E-state index contributed by atoms with van der Waals surface area (Å²) in [6, 6.07) is 32.5. The van der Waals surface area contributed by atoms with Crippen LogP contribution in [-0.4, -0.2) is 53.3 Å². The third-order valence-corrected chi connectivity index (χ3v) is 7.82. The molecule has 0 aliphatic heterocycles. The highest BCUT2D eigenvalue weighted by Crippen LogP contribution is 2.17. The molecule has 1 aromatic heterocycles. The highest BCUT2D eigenvalue weighted by molar-refractivity contribution is 7.88. The molecule has 212 valence electrons. The predicted molar refractivity (Wildman–Crippen MR) is 159 cm³/mol. The Balaban J connectivity index is 1.66. The van der Waals surface area contributed by atoms with Crippen molar-refractivity contribution in [1.82, 2.24) is 19.5 Å². The molecule has 3 aromatic carbocycles. The van der Waals surface area contributed by atoms with Gasteiger partial charge in [0, 0.05) is 25.7 Å². The fourth-order valence-electron chi connectivity index (χ4n) is 4.45. The van der Waals surface area contributed by atoms with E-state index in [2.05, 4.69) is 10.3 Å². The summed E-state index contributed by atoms with van der Waals surface area (Å²) in [5, 5.41) is 2.94. The second kappa shape index (κ2) is 14.3. The molecule has 0 spiro atoms. The summed E-state index contributed by atoms with van der Waals surface area (Å²) in [6.07, 6.45) is 3.00. The second-order valence-corrected chi connectivity index (χ2v) is 11.8. The van der Waals surface area contributed by atoms with Gasteiger partial charge in [0.25, 0.3) is 0 Å². The molecule has 8 nitrogen and oxygen atoms in total. The number of carbonyl (C=O) groups is 2. The largest absolute Gasteiger partial charge is 0.349 e. The van der Waals surface area contributed by atoms with E-state index in [0.29, 0.717) is 5.69 Å². The maximum absolute atomic E-state index is 14.0. The van der Waals surface area contributed by atoms with Gasteiger partial charge >= 0.3 is 0 Å². The first-order chi connectivity index (χ1) is 19.8. The van der Waals surface area contributed by atoms with E-state index in [1.54, 1.807) is 12.3 Å². The molecule has 1 heterocycles. The Labute approximate surface area is 241 Å². The lowest BCUT2D eigenvalue weighted by Crippen LogP contribution is -2.53. The van der Waals surface area contributed by atoms with Crippen LogP contribution in [0.5, 0.6) is 0 Å². The second-order valence-electron chi connectivity index (χ2n) is 9.77. The third kappa shape index (κ3) is 9.09. The van der Waals surface area contributed by atoms with Crippen LogP contribution in [0.25, 0.3) is 0 Å². The first kappa shape index (κ1) is 29.6. The van der Waals surface area contributed by atoms with Gasteiger partial charge in [0.05, 0.1) is 25.0 Å². The van der Waals surface area contributed by atoms with Gasteiger partial charge in [-0.25, -0.2) is 8.42 Å². The Kier molecular flexibility index (Phi) is 10.4. The van der Waals surface area contributed by atoms with Crippen LogP contribution >= 0.6 is 0 Å². The number of pyridine rings is 1. The highest BCUT2D eigenvalue weighted by Gasteiger charge is 2.32. The number of rotatable bonds is 13. The van der Waals surface area contributed by atoms with Gasteiger partial charge in [0.1, 0.15) is 6.04 Å². The quantitative estimate of drug-likeness (QED) is 0.264. The fraction of sp³-hybridized carbons (Fsp3) is 0.219. The number of benzene rings is 3. The van der Waals surface area contributed by atoms with Gasteiger partial charge in [-0.05, 0) is 28.8 Å². The zero-order chi connectivity index (χ0) is 29.1. The SMILES string of the molecule is CS(=O)(=O)N(CC(=O)N(Cc1ccccc1)C(Cc1ccccc1)C(=O)NCc1ccccn1)Cc1ccccc1. The summed E-state index contributed by atoms with van der Waals surface area (Å²) < 4.78 is 26.7. The van der Waals surface area contributed by atoms with Crippen molar-refractivity contribution in [1.29, 1.82) is 0 Å². The molecule has 1 atom stereocenters. The van der Waals surface area contributed by atoms with Gasteiger partial charge < -0.3 is 10.2 Å². The van der Waals surface area contributed by atoms with E-state index in [9.17, 15) is 18.0 Å². The summed E-state index contributed by atoms with van der Waals surface area (Å²) in [5.41, 5.74) is 3.15. The molecule has 2 amide bonds. The fourth-order valence-corrected chi connectivity index (χ4v) is 5.18. The van der Waals surface area contributed by atoms with Gasteiger partial charge in [-0.3, -0.25) is 14.6 Å². The number of carbonyl (C=O) groups excluding carboxylic acids is 2. The minimum Gasteiger partial charge on any atom is -0.349 e. The molecular formula is C32H34N4O4S. The van der Waals surface area contributed by atoms with Gasteiger partial charge in [-0.15, -0.1) is 0 Å². The van der Waals surface area contributed by atoms with Crippen molar-refractivity contribution in [3.05, 3.63) is 138 Å². The Morgan fingerprint density at radius 3 is 1.83 bits per heavy atom. The molecule has 0 fully saturated rings. The molecule has 4 rings (SSSR count). The number of nitrogens with one attached hydrogen (secondary N) is 1. The van der Waals surface area contributed by atoms with Crippen molar-refractivity contribution >= 4 is 21.8 Å². The van der Waals surface area contributed by atoms with Crippen molar-refractivity contribution in [2.75, 3.05) is 12.8 Å². The van der Waals surface area contributed by atoms with Crippen LogP contribution in [0, 0.1) is 0 Å². The Morgan fingerprint density at radius 1 is 0.756 bits per heavy atom. The van der Waals surface area contributed by atoms with Crippen LogP contribution < -0.4 is 5.32 Å². The van der Waals surface area contributed by atoms with E-state index < -0.39 is 28.5 Å². The van der Waals surface area contributed by atoms with Crippen molar-refractivity contribution in [3.8, 4) is 0 Å². The Morgan fingerprint density at radius 2 is 1.29 bits per heavy atom. The van der Waals surface area contributed by atoms with E-state index >= 15 is 0 Å². The van der Waals surface area contributed by atoms with Crippen molar-refractivity contribution in [2.24, 2.45) is 0 Å². The van der Waals surface area contributed by atoms with Crippen LogP contribution in [0.1, 0.15) is 22.4 Å². The normalized spacial score (nSPS) is 12.0. The molecule has 1 N–H and O–H groups in total. The van der Waals surface area contributed by atoms with Crippen LogP contribution in [0.4, 0.5) is 0 Å². The monoisotopic (exact) mass is 570 g/mol. The molecule has 41 heavy (non-hydrogen) atoms. The van der Waals surface area contributed by atoms with Crippen molar-refractivity contribution < 1.29 is 18.0 Å². The molecule has 0 saturated carbocycles. The summed E-state index contributed by atoms with van der Waals surface area (Å²) >= 11 is 0. The highest BCUT2D eigenvalue weighted by atomic mass is 32.2. The summed E-state index contributed by atoms with van der Waals surface area (Å²) in [5.74, 6) is -0.818. The van der Waals surface area contributed by atoms with Gasteiger partial charge in [0.2, 0.25) is 21.8 Å². The summed E-state index contributed by atoms with van der Waals surface area (Å²) in [4.78, 5) is 33.6. The number of sulfonamides is 1. The zero-order valence-corrected chi connectivity index (χ0v) is 23.8. The molecule has 9 heteroatoms. The van der Waals surface area contributed by atoms with E-state index in [1.807, 2.05) is 103 Å². The molecule has 1 unspecified atom stereocenters. The van der Waals surface area contributed by atoms with E-state index in [-0.39, 0.29) is 32.0 Å². The molecule has 4 aromatic rings. The molecule has 0 saturated heterocycles. The molecule has 0 bridgehead atoms. The number of aromatic nitrogens is 1. The first-order valence-corrected chi connectivity index (χ1v) is 15.2. The average Bonchev–Trinajstić information content (AvgIpc) is 2.99. The Bertz CT molecular complexity index is 1500. The van der Waals surface area contributed by atoms with E-state index in [0.717, 1.165) is 27.3 Å². The lowest BCUT2D eigenvalue weighted by atomic mass is 10.0. The van der Waals surface area contributed by atoms with Crippen molar-refractivity contribution in [3.63, 3.8) is 0 Å². The van der Waals surface area contributed by atoms with E-state index in [1.165, 1.54) is 4.90 Å². The zero-order valence-electron chi connectivity index (χ0n) is 23.0. The Hall–Kier alpha value is -4.34. The topological polar surface area (TPSA) is 99.7 Å². The van der Waals surface area contributed by atoms with Crippen LogP contribution in [0.3, 0.4) is 0 Å². The molecular weight excluding hydrogens is 536 g/mol. The minimum atomic E-state index is -3.74. The number of amides is 2. The molecule has 0 aliphatic rings.